The van der Waals surface area contributed by atoms with Crippen molar-refractivity contribution in [1.29, 1.82) is 0 Å². The monoisotopic (exact) mass is 709 g/mol. The smallest absolute Gasteiger partial charge is 0.315 e. The van der Waals surface area contributed by atoms with Crippen molar-refractivity contribution in [2.75, 3.05) is 12.3 Å². The van der Waals surface area contributed by atoms with E-state index in [1.54, 1.807) is 20.8 Å². The van der Waals surface area contributed by atoms with Gasteiger partial charge in [-0.15, -0.1) is 0 Å². The molecule has 2 saturated carbocycles. The van der Waals surface area contributed by atoms with E-state index in [4.69, 9.17) is 0 Å². The number of Topliss-reactive ketones (excluding diaryl/α,β-unsaturated/α-hetero) is 1. The van der Waals surface area contributed by atoms with Gasteiger partial charge in [-0.2, -0.15) is 0 Å². The Labute approximate surface area is 294 Å². The summed E-state index contributed by atoms with van der Waals surface area (Å²) in [6.07, 6.45) is 7.27. The number of carbonyl (C=O) groups excluding carboxylic acids is 5. The average molecular weight is 710 g/mol. The lowest BCUT2D eigenvalue weighted by atomic mass is 9.83. The molecule has 0 aromatic rings. The second-order valence-electron chi connectivity index (χ2n) is 17.3. The number of sulfone groups is 1. The van der Waals surface area contributed by atoms with E-state index in [1.807, 2.05) is 27.7 Å². The summed E-state index contributed by atoms with van der Waals surface area (Å²) in [4.78, 5) is 69.3. The van der Waals surface area contributed by atoms with Crippen molar-refractivity contribution in [3.05, 3.63) is 0 Å². The molecule has 2 aliphatic carbocycles. The van der Waals surface area contributed by atoms with Crippen molar-refractivity contribution in [2.45, 2.75) is 167 Å². The summed E-state index contributed by atoms with van der Waals surface area (Å²) in [5.74, 6) is -2.13. The number of rotatable bonds is 14. The van der Waals surface area contributed by atoms with Crippen LogP contribution < -0.4 is 21.3 Å². The van der Waals surface area contributed by atoms with Crippen LogP contribution in [0.1, 0.15) is 133 Å². The zero-order valence-corrected chi connectivity index (χ0v) is 32.2. The van der Waals surface area contributed by atoms with E-state index in [0.717, 1.165) is 38.5 Å². The highest BCUT2D eigenvalue weighted by Crippen LogP contribution is 2.34. The summed E-state index contributed by atoms with van der Waals surface area (Å²) < 4.78 is 25.6. The second kappa shape index (κ2) is 16.1. The fourth-order valence-corrected chi connectivity index (χ4v) is 8.58. The van der Waals surface area contributed by atoms with Gasteiger partial charge in [0.05, 0.1) is 22.1 Å². The van der Waals surface area contributed by atoms with Crippen LogP contribution in [0, 0.1) is 17.3 Å². The molecule has 49 heavy (non-hydrogen) atoms. The van der Waals surface area contributed by atoms with E-state index in [9.17, 15) is 32.4 Å². The molecule has 0 aromatic carbocycles. The maximum atomic E-state index is 14.5. The molecule has 0 aromatic heterocycles. The van der Waals surface area contributed by atoms with E-state index in [0.29, 0.717) is 38.1 Å². The summed E-state index contributed by atoms with van der Waals surface area (Å²) in [5.41, 5.74) is -1.71. The Balaban J connectivity index is 1.85. The number of nitrogens with one attached hydrogen (secondary N) is 4. The van der Waals surface area contributed by atoms with E-state index >= 15 is 0 Å². The van der Waals surface area contributed by atoms with Gasteiger partial charge in [0.25, 0.3) is 5.91 Å². The highest BCUT2D eigenvalue weighted by Gasteiger charge is 2.47. The third-order valence-corrected chi connectivity index (χ3v) is 12.9. The molecule has 4 atom stereocenters. The molecule has 0 radical (unpaired) electrons. The number of amides is 5. The Morgan fingerprint density at radius 2 is 1.53 bits per heavy atom. The third kappa shape index (κ3) is 11.1. The first-order valence-corrected chi connectivity index (χ1v) is 20.0. The van der Waals surface area contributed by atoms with Crippen LogP contribution in [-0.2, 0) is 29.0 Å². The predicted octanol–water partition coefficient (Wildman–Crippen LogP) is 4.01. The van der Waals surface area contributed by atoms with Gasteiger partial charge in [-0.25, -0.2) is 13.2 Å². The third-order valence-electron chi connectivity index (χ3n) is 10.1. The molecular formula is C36H63N5O7S. The molecule has 280 valence electrons. The van der Waals surface area contributed by atoms with Gasteiger partial charge in [0.1, 0.15) is 12.1 Å². The Morgan fingerprint density at radius 1 is 0.918 bits per heavy atom. The zero-order chi connectivity index (χ0) is 36.9. The fraction of sp³-hybridized carbons (Fsp3) is 0.861. The lowest BCUT2D eigenvalue weighted by Crippen LogP contribution is -2.63. The number of carbonyl (C=O) groups is 5. The van der Waals surface area contributed by atoms with Crippen LogP contribution >= 0.6 is 0 Å². The molecule has 5 amide bonds. The summed E-state index contributed by atoms with van der Waals surface area (Å²) in [7, 11) is -3.56. The van der Waals surface area contributed by atoms with Crippen molar-refractivity contribution in [1.82, 2.24) is 26.2 Å². The molecule has 1 aliphatic heterocycles. The average Bonchev–Trinajstić information content (AvgIpc) is 3.69. The van der Waals surface area contributed by atoms with Gasteiger partial charge in [-0.1, -0.05) is 67.2 Å². The Kier molecular flexibility index (Phi) is 13.4. The molecule has 1 saturated heterocycles. The first-order chi connectivity index (χ1) is 22.6. The fourth-order valence-electron chi connectivity index (χ4n) is 7.06. The molecule has 0 spiro atoms. The number of ketones is 1. The Bertz CT molecular complexity index is 1320. The van der Waals surface area contributed by atoms with Crippen molar-refractivity contribution in [3.63, 3.8) is 0 Å². The maximum absolute atomic E-state index is 14.5. The minimum absolute atomic E-state index is 0.00378. The first-order valence-electron chi connectivity index (χ1n) is 18.4. The number of likely N-dealkylation sites (tertiary alicyclic amines) is 1. The quantitative estimate of drug-likeness (QED) is 0.198. The number of nitrogens with zero attached hydrogens (tertiary/aromatic N) is 1. The van der Waals surface area contributed by atoms with Crippen LogP contribution in [0.25, 0.3) is 0 Å². The standard InChI is InChI=1S/C36H63N5O7S/c1-10-14-26(28(42)31(44)37-25-15-16-25)38-30(43)27-20-24(19-23(2)3)21-41(27)32(45)29(34(4,5)6)39-33(46)40-36(17-12-11-13-18-36)22-49(47,48)35(7,8)9/h23-27,29H,10-22H2,1-9H3,(H,37,44)(H,38,43)(H2,39,40,46)/t24-,26+,27+,29-/m1/s1. The number of hydrogen-bond acceptors (Lipinski definition) is 7. The molecule has 3 fully saturated rings. The van der Waals surface area contributed by atoms with Crippen molar-refractivity contribution in [3.8, 4) is 0 Å². The van der Waals surface area contributed by atoms with Gasteiger partial charge < -0.3 is 26.2 Å². The van der Waals surface area contributed by atoms with Gasteiger partial charge in [-0.3, -0.25) is 19.2 Å². The predicted molar refractivity (Wildman–Crippen MR) is 190 cm³/mol. The summed E-state index contributed by atoms with van der Waals surface area (Å²) in [6.45, 7) is 16.8. The topological polar surface area (TPSA) is 171 Å². The number of urea groups is 1. The Hall–Kier alpha value is -2.70. The highest BCUT2D eigenvalue weighted by molar-refractivity contribution is 7.92. The van der Waals surface area contributed by atoms with E-state index < -0.39 is 73.2 Å². The Morgan fingerprint density at radius 3 is 2.04 bits per heavy atom. The van der Waals surface area contributed by atoms with E-state index in [2.05, 4.69) is 35.1 Å². The van der Waals surface area contributed by atoms with E-state index in [1.165, 1.54) is 4.90 Å². The summed E-state index contributed by atoms with van der Waals surface area (Å²) in [6, 6.07) is -3.53. The zero-order valence-electron chi connectivity index (χ0n) is 31.4. The molecular weight excluding hydrogens is 646 g/mol. The normalized spacial score (nSPS) is 22.6. The van der Waals surface area contributed by atoms with Gasteiger partial charge in [0, 0.05) is 12.6 Å². The molecule has 0 bridgehead atoms. The van der Waals surface area contributed by atoms with Crippen molar-refractivity contribution < 1.29 is 32.4 Å². The SMILES string of the molecule is CCC[C@H](NC(=O)[C@@H]1C[C@@H](CC(C)C)CN1C(=O)[C@@H](NC(=O)NC1(CS(=O)(=O)C(C)(C)C)CCCCC1)C(C)(C)C)C(=O)C(=O)NC1CC1. The molecule has 4 N–H and O–H groups in total. The second-order valence-corrected chi connectivity index (χ2v) is 20.1. The molecule has 3 aliphatic rings. The van der Waals surface area contributed by atoms with Crippen LogP contribution in [0.5, 0.6) is 0 Å². The minimum atomic E-state index is -3.56. The summed E-state index contributed by atoms with van der Waals surface area (Å²) in [5, 5.41) is 11.4. The first kappa shape index (κ1) is 40.7. The van der Waals surface area contributed by atoms with Gasteiger partial charge in [-0.05, 0) is 83.0 Å². The largest absolute Gasteiger partial charge is 0.347 e. The van der Waals surface area contributed by atoms with Crippen molar-refractivity contribution in [2.24, 2.45) is 17.3 Å². The lowest BCUT2D eigenvalue weighted by molar-refractivity contribution is -0.144. The van der Waals surface area contributed by atoms with Crippen LogP contribution in [0.4, 0.5) is 4.79 Å². The van der Waals surface area contributed by atoms with Crippen LogP contribution in [-0.4, -0.2) is 89.6 Å². The van der Waals surface area contributed by atoms with Gasteiger partial charge in [0.15, 0.2) is 9.84 Å². The van der Waals surface area contributed by atoms with Gasteiger partial charge >= 0.3 is 6.03 Å². The molecule has 13 heteroatoms. The molecule has 1 heterocycles. The summed E-state index contributed by atoms with van der Waals surface area (Å²) >= 11 is 0. The van der Waals surface area contributed by atoms with Crippen LogP contribution in [0.3, 0.4) is 0 Å². The van der Waals surface area contributed by atoms with Gasteiger partial charge in [0.2, 0.25) is 17.6 Å². The van der Waals surface area contributed by atoms with Crippen molar-refractivity contribution >= 4 is 39.4 Å². The minimum Gasteiger partial charge on any atom is -0.347 e. The highest BCUT2D eigenvalue weighted by atomic mass is 32.2. The molecule has 0 unspecified atom stereocenters. The van der Waals surface area contributed by atoms with Crippen LogP contribution in [0.15, 0.2) is 0 Å². The van der Waals surface area contributed by atoms with E-state index in [-0.39, 0.29) is 24.1 Å². The van der Waals surface area contributed by atoms with Crippen LogP contribution in [0.2, 0.25) is 0 Å². The lowest BCUT2D eigenvalue weighted by Gasteiger charge is -2.41. The maximum Gasteiger partial charge on any atom is 0.315 e. The molecule has 3 rings (SSSR count). The molecule has 12 nitrogen and oxygen atoms in total. The number of hydrogen-bond donors (Lipinski definition) is 4.